The van der Waals surface area contributed by atoms with E-state index in [2.05, 4.69) is 33.6 Å². The summed E-state index contributed by atoms with van der Waals surface area (Å²) in [5.41, 5.74) is 1.54. The predicted octanol–water partition coefficient (Wildman–Crippen LogP) is 3.94. The maximum atomic E-state index is 12.2. The lowest BCUT2D eigenvalue weighted by Crippen LogP contribution is -2.49. The number of hydrogen-bond acceptors (Lipinski definition) is 4. The molecule has 0 aromatic heterocycles. The lowest BCUT2D eigenvalue weighted by molar-refractivity contribution is 0.205. The van der Waals surface area contributed by atoms with Crippen molar-refractivity contribution in [3.8, 4) is 6.07 Å². The number of carbonyl (C=O) groups excluding carboxylic acids is 1. The molecule has 0 spiro atoms. The second kappa shape index (κ2) is 9.07. The van der Waals surface area contributed by atoms with Crippen LogP contribution in [0.1, 0.15) is 64.7 Å². The second-order valence-electron chi connectivity index (χ2n) is 8.29. The van der Waals surface area contributed by atoms with E-state index in [1.54, 1.807) is 0 Å². The van der Waals surface area contributed by atoms with Crippen molar-refractivity contribution in [2.24, 2.45) is 22.7 Å². The van der Waals surface area contributed by atoms with E-state index >= 15 is 0 Å². The van der Waals surface area contributed by atoms with Crippen LogP contribution in [0.4, 0.5) is 4.79 Å². The first-order valence-electron chi connectivity index (χ1n) is 10.2. The van der Waals surface area contributed by atoms with Gasteiger partial charge in [0.05, 0.1) is 6.07 Å². The summed E-state index contributed by atoms with van der Waals surface area (Å²) < 4.78 is 0. The Morgan fingerprint density at radius 3 is 2.44 bits per heavy atom. The van der Waals surface area contributed by atoms with Crippen LogP contribution in [0.15, 0.2) is 29.0 Å². The molecule has 0 atom stereocenters. The molecule has 2 fully saturated rings. The maximum absolute atomic E-state index is 12.2. The normalized spacial score (nSPS) is 31.0. The summed E-state index contributed by atoms with van der Waals surface area (Å²) in [4.78, 5) is 16.5. The Bertz CT molecular complexity index is 659. The fourth-order valence-electron chi connectivity index (χ4n) is 4.61. The van der Waals surface area contributed by atoms with E-state index in [0.717, 1.165) is 48.9 Å². The molecular weight excluding hydrogens is 338 g/mol. The molecule has 6 nitrogen and oxygen atoms in total. The highest BCUT2D eigenvalue weighted by Crippen LogP contribution is 2.36. The third-order valence-electron chi connectivity index (χ3n) is 6.06. The van der Waals surface area contributed by atoms with E-state index in [0.29, 0.717) is 11.9 Å². The fraction of sp³-hybridized carbons (Fsp3) is 0.667. The molecule has 1 aliphatic heterocycles. The molecule has 0 aromatic carbocycles. The molecule has 0 saturated heterocycles. The van der Waals surface area contributed by atoms with Crippen LogP contribution in [0.3, 0.4) is 0 Å². The number of rotatable bonds is 3. The van der Waals surface area contributed by atoms with Gasteiger partial charge in [-0.25, -0.2) is 9.79 Å². The summed E-state index contributed by atoms with van der Waals surface area (Å²) in [6.45, 7) is 5.72. The van der Waals surface area contributed by atoms with Crippen LogP contribution in [-0.2, 0) is 0 Å². The smallest absolute Gasteiger partial charge is 0.321 e. The number of aliphatic imine (C=N–C) groups is 1. The average Bonchev–Trinajstić information content (AvgIpc) is 2.63. The molecule has 1 heterocycles. The van der Waals surface area contributed by atoms with Gasteiger partial charge in [0.25, 0.3) is 0 Å². The highest BCUT2D eigenvalue weighted by atomic mass is 16.2. The number of nitrogens with zero attached hydrogens (tertiary/aromatic N) is 2. The minimum Gasteiger partial charge on any atom is -0.335 e. The number of carbonyl (C=O) groups is 1. The molecule has 0 bridgehead atoms. The van der Waals surface area contributed by atoms with Crippen molar-refractivity contribution in [1.82, 2.24) is 16.0 Å². The predicted molar refractivity (Wildman–Crippen MR) is 107 cm³/mol. The SMILES string of the molecule is C=C1C=C(C)N=C(NC(=O)NC2CCC(CC3CCC(C#N)CC3)CC2)N1. The third kappa shape index (κ3) is 5.85. The highest BCUT2D eigenvalue weighted by molar-refractivity contribution is 5.98. The number of allylic oxidation sites excluding steroid dienone is 2. The Labute approximate surface area is 162 Å². The van der Waals surface area contributed by atoms with Gasteiger partial charge in [-0.1, -0.05) is 6.58 Å². The summed E-state index contributed by atoms with van der Waals surface area (Å²) in [5, 5.41) is 17.8. The maximum Gasteiger partial charge on any atom is 0.321 e. The van der Waals surface area contributed by atoms with Gasteiger partial charge >= 0.3 is 6.03 Å². The molecule has 27 heavy (non-hydrogen) atoms. The van der Waals surface area contributed by atoms with Gasteiger partial charge < -0.3 is 10.6 Å². The van der Waals surface area contributed by atoms with E-state index in [1.165, 1.54) is 32.1 Å². The average molecular weight is 370 g/mol. The number of guanidine groups is 1. The molecule has 3 aliphatic rings. The van der Waals surface area contributed by atoms with E-state index in [1.807, 2.05) is 13.0 Å². The van der Waals surface area contributed by atoms with E-state index in [9.17, 15) is 4.79 Å². The standard InChI is InChI=1S/C21H31N5O/c1-14-11-15(2)24-20(23-14)26-21(27)25-19-9-7-17(8-10-19)12-16-3-5-18(13-22)6-4-16/h11,16-19H,1,3-10,12H2,2H3,(H3,23,24,25,26,27). The Kier molecular flexibility index (Phi) is 6.54. The zero-order chi connectivity index (χ0) is 19.2. The molecule has 2 amide bonds. The molecule has 0 unspecified atom stereocenters. The summed E-state index contributed by atoms with van der Waals surface area (Å²) in [6, 6.07) is 2.45. The zero-order valence-corrected chi connectivity index (χ0v) is 16.3. The van der Waals surface area contributed by atoms with Gasteiger partial charge in [-0.2, -0.15) is 5.26 Å². The van der Waals surface area contributed by atoms with Crippen molar-refractivity contribution in [3.63, 3.8) is 0 Å². The van der Waals surface area contributed by atoms with Gasteiger partial charge in [0.15, 0.2) is 0 Å². The molecule has 2 aliphatic carbocycles. The fourth-order valence-corrected chi connectivity index (χ4v) is 4.61. The Morgan fingerprint density at radius 1 is 1.22 bits per heavy atom. The molecule has 6 heteroatoms. The van der Waals surface area contributed by atoms with Gasteiger partial charge in [-0.15, -0.1) is 0 Å². The van der Waals surface area contributed by atoms with Crippen molar-refractivity contribution >= 4 is 12.0 Å². The number of hydrogen-bond donors (Lipinski definition) is 3. The molecule has 0 aromatic rings. The lowest BCUT2D eigenvalue weighted by Gasteiger charge is -2.33. The summed E-state index contributed by atoms with van der Waals surface area (Å²) in [6.07, 6.45) is 12.2. The molecule has 2 saturated carbocycles. The Balaban J connectivity index is 1.36. The molecule has 3 rings (SSSR count). The summed E-state index contributed by atoms with van der Waals surface area (Å²) in [5.74, 6) is 2.29. The Hall–Kier alpha value is -2.29. The van der Waals surface area contributed by atoms with E-state index < -0.39 is 0 Å². The first-order valence-corrected chi connectivity index (χ1v) is 10.2. The van der Waals surface area contributed by atoms with Gasteiger partial charge in [0, 0.05) is 23.4 Å². The molecule has 146 valence electrons. The lowest BCUT2D eigenvalue weighted by atomic mass is 9.74. The monoisotopic (exact) mass is 369 g/mol. The van der Waals surface area contributed by atoms with Crippen molar-refractivity contribution in [3.05, 3.63) is 24.0 Å². The molecule has 3 N–H and O–H groups in total. The van der Waals surface area contributed by atoms with Gasteiger partial charge in [0.2, 0.25) is 5.96 Å². The van der Waals surface area contributed by atoms with Crippen LogP contribution in [0.25, 0.3) is 0 Å². The minimum atomic E-state index is -0.206. The van der Waals surface area contributed by atoms with Crippen LogP contribution in [0.5, 0.6) is 0 Å². The van der Waals surface area contributed by atoms with E-state index in [-0.39, 0.29) is 12.1 Å². The van der Waals surface area contributed by atoms with Crippen molar-refractivity contribution in [1.29, 1.82) is 5.26 Å². The topological polar surface area (TPSA) is 89.3 Å². The Morgan fingerprint density at radius 2 is 1.85 bits per heavy atom. The van der Waals surface area contributed by atoms with Gasteiger partial charge in [-0.05, 0) is 82.6 Å². The van der Waals surface area contributed by atoms with Crippen LogP contribution in [-0.4, -0.2) is 18.0 Å². The minimum absolute atomic E-state index is 0.206. The van der Waals surface area contributed by atoms with Gasteiger partial charge in [-0.3, -0.25) is 5.32 Å². The first kappa shape index (κ1) is 19.5. The van der Waals surface area contributed by atoms with Crippen LogP contribution in [0, 0.1) is 29.1 Å². The second-order valence-corrected chi connectivity index (χ2v) is 8.29. The summed E-state index contributed by atoms with van der Waals surface area (Å²) in [7, 11) is 0. The first-order chi connectivity index (χ1) is 13.0. The summed E-state index contributed by atoms with van der Waals surface area (Å²) >= 11 is 0. The quantitative estimate of drug-likeness (QED) is 0.704. The van der Waals surface area contributed by atoms with Crippen molar-refractivity contribution in [2.45, 2.75) is 70.8 Å². The number of urea groups is 1. The number of amides is 2. The molecular formula is C21H31N5O. The number of nitriles is 1. The third-order valence-corrected chi connectivity index (χ3v) is 6.06. The molecule has 0 radical (unpaired) electrons. The van der Waals surface area contributed by atoms with Crippen LogP contribution in [0.2, 0.25) is 0 Å². The van der Waals surface area contributed by atoms with Gasteiger partial charge in [0.1, 0.15) is 0 Å². The van der Waals surface area contributed by atoms with E-state index in [4.69, 9.17) is 5.26 Å². The largest absolute Gasteiger partial charge is 0.335 e. The van der Waals surface area contributed by atoms with Crippen molar-refractivity contribution in [2.75, 3.05) is 0 Å². The van der Waals surface area contributed by atoms with Crippen molar-refractivity contribution < 1.29 is 4.79 Å². The van der Waals surface area contributed by atoms with Crippen LogP contribution < -0.4 is 16.0 Å². The number of nitrogens with one attached hydrogen (secondary N) is 3. The van der Waals surface area contributed by atoms with Crippen LogP contribution >= 0.6 is 0 Å². The highest BCUT2D eigenvalue weighted by Gasteiger charge is 2.27. The zero-order valence-electron chi connectivity index (χ0n) is 16.3.